The lowest BCUT2D eigenvalue weighted by Gasteiger charge is -2.01. The lowest BCUT2D eigenvalue weighted by molar-refractivity contribution is 0.627. The molecule has 0 amide bonds. The summed E-state index contributed by atoms with van der Waals surface area (Å²) in [6.07, 6.45) is 1.69. The standard InChI is InChI=1S/C18H14FN3O/c1-21-16-7-6-12(9-17(16)22(2)18(21)23)8-14(11-20)13-4-3-5-15(19)10-13/h3-10H,1-2H3/b14-8-. The SMILES string of the molecule is Cn1c(=O)n(C)c2cc(/C=C(/C#N)c3cccc(F)c3)ccc21. The molecule has 0 saturated heterocycles. The molecule has 0 aliphatic carbocycles. The molecular formula is C18H14FN3O. The number of nitriles is 1. The van der Waals surface area contributed by atoms with Gasteiger partial charge < -0.3 is 0 Å². The molecule has 0 atom stereocenters. The van der Waals surface area contributed by atoms with Crippen molar-refractivity contribution in [1.29, 1.82) is 5.26 Å². The smallest absolute Gasteiger partial charge is 0.295 e. The molecule has 3 rings (SSSR count). The first-order chi connectivity index (χ1) is 11.0. The van der Waals surface area contributed by atoms with E-state index in [1.165, 1.54) is 12.1 Å². The molecule has 4 nitrogen and oxygen atoms in total. The number of aryl methyl sites for hydroxylation is 2. The minimum absolute atomic E-state index is 0.105. The van der Waals surface area contributed by atoms with Gasteiger partial charge in [0.1, 0.15) is 5.82 Å². The van der Waals surface area contributed by atoms with Gasteiger partial charge in [0, 0.05) is 14.1 Å². The Bertz CT molecular complexity index is 1030. The fourth-order valence-corrected chi connectivity index (χ4v) is 2.62. The molecule has 0 aliphatic rings. The molecule has 1 aromatic heterocycles. The van der Waals surface area contributed by atoms with Gasteiger partial charge in [-0.3, -0.25) is 9.13 Å². The molecule has 3 aromatic rings. The summed E-state index contributed by atoms with van der Waals surface area (Å²) in [4.78, 5) is 12.0. The van der Waals surface area contributed by atoms with Gasteiger partial charge in [-0.15, -0.1) is 0 Å². The van der Waals surface area contributed by atoms with Crippen molar-refractivity contribution in [2.75, 3.05) is 0 Å². The van der Waals surface area contributed by atoms with Crippen molar-refractivity contribution in [3.05, 3.63) is 69.9 Å². The average molecular weight is 307 g/mol. The highest BCUT2D eigenvalue weighted by Gasteiger charge is 2.08. The van der Waals surface area contributed by atoms with E-state index in [1.807, 2.05) is 18.2 Å². The Morgan fingerprint density at radius 3 is 2.57 bits per heavy atom. The highest BCUT2D eigenvalue weighted by molar-refractivity contribution is 5.91. The summed E-state index contributed by atoms with van der Waals surface area (Å²) >= 11 is 0. The van der Waals surface area contributed by atoms with Crippen molar-refractivity contribution in [2.45, 2.75) is 0 Å². The molecular weight excluding hydrogens is 293 g/mol. The van der Waals surface area contributed by atoms with Crippen molar-refractivity contribution in [2.24, 2.45) is 14.1 Å². The number of hydrogen-bond acceptors (Lipinski definition) is 2. The average Bonchev–Trinajstić information content (AvgIpc) is 2.77. The Morgan fingerprint density at radius 2 is 1.87 bits per heavy atom. The second-order valence-corrected chi connectivity index (χ2v) is 5.33. The highest BCUT2D eigenvalue weighted by Crippen LogP contribution is 2.21. The summed E-state index contributed by atoms with van der Waals surface area (Å²) in [5.74, 6) is -0.385. The van der Waals surface area contributed by atoms with Crippen LogP contribution in [0.2, 0.25) is 0 Å². The zero-order chi connectivity index (χ0) is 16.6. The van der Waals surface area contributed by atoms with E-state index in [0.29, 0.717) is 11.1 Å². The Balaban J connectivity index is 2.14. The van der Waals surface area contributed by atoms with E-state index in [1.54, 1.807) is 41.4 Å². The maximum absolute atomic E-state index is 13.3. The van der Waals surface area contributed by atoms with Crippen LogP contribution in [0, 0.1) is 17.1 Å². The summed E-state index contributed by atoms with van der Waals surface area (Å²) in [5, 5.41) is 9.35. The second-order valence-electron chi connectivity index (χ2n) is 5.33. The number of rotatable bonds is 2. The molecule has 2 aromatic carbocycles. The molecule has 5 heteroatoms. The maximum atomic E-state index is 13.3. The van der Waals surface area contributed by atoms with Crippen LogP contribution in [-0.2, 0) is 14.1 Å². The van der Waals surface area contributed by atoms with Crippen LogP contribution >= 0.6 is 0 Å². The third-order valence-electron chi connectivity index (χ3n) is 3.86. The number of imidazole rings is 1. The first-order valence-electron chi connectivity index (χ1n) is 7.04. The van der Waals surface area contributed by atoms with E-state index in [4.69, 9.17) is 0 Å². The van der Waals surface area contributed by atoms with Gasteiger partial charge in [-0.1, -0.05) is 18.2 Å². The van der Waals surface area contributed by atoms with Gasteiger partial charge in [0.15, 0.2) is 0 Å². The summed E-state index contributed by atoms with van der Waals surface area (Å²) in [6, 6.07) is 13.5. The fraction of sp³-hybridized carbons (Fsp3) is 0.111. The van der Waals surface area contributed by atoms with Crippen molar-refractivity contribution in [1.82, 2.24) is 9.13 Å². The fourth-order valence-electron chi connectivity index (χ4n) is 2.62. The third kappa shape index (κ3) is 2.55. The lowest BCUT2D eigenvalue weighted by Crippen LogP contribution is -2.19. The zero-order valence-corrected chi connectivity index (χ0v) is 12.7. The van der Waals surface area contributed by atoms with Crippen LogP contribution in [0.5, 0.6) is 0 Å². The number of allylic oxidation sites excluding steroid dienone is 1. The van der Waals surface area contributed by atoms with Crippen LogP contribution in [-0.4, -0.2) is 9.13 Å². The van der Waals surface area contributed by atoms with Gasteiger partial charge in [0.05, 0.1) is 22.7 Å². The minimum Gasteiger partial charge on any atom is -0.295 e. The molecule has 1 heterocycles. The van der Waals surface area contributed by atoms with Gasteiger partial charge in [0.2, 0.25) is 0 Å². The molecule has 114 valence electrons. The molecule has 23 heavy (non-hydrogen) atoms. The van der Waals surface area contributed by atoms with E-state index in [9.17, 15) is 14.4 Å². The van der Waals surface area contributed by atoms with E-state index in [0.717, 1.165) is 16.6 Å². The largest absolute Gasteiger partial charge is 0.328 e. The Kier molecular flexibility index (Phi) is 3.59. The quantitative estimate of drug-likeness (QED) is 0.539. The summed E-state index contributed by atoms with van der Waals surface area (Å²) in [7, 11) is 3.42. The van der Waals surface area contributed by atoms with Crippen molar-refractivity contribution in [3.63, 3.8) is 0 Å². The number of hydrogen-bond donors (Lipinski definition) is 0. The van der Waals surface area contributed by atoms with Gasteiger partial charge in [-0.2, -0.15) is 5.26 Å². The molecule has 0 aliphatic heterocycles. The molecule has 0 saturated carbocycles. The highest BCUT2D eigenvalue weighted by atomic mass is 19.1. The molecule has 0 radical (unpaired) electrons. The summed E-state index contributed by atoms with van der Waals surface area (Å²) in [5.41, 5.74) is 3.16. The molecule has 0 unspecified atom stereocenters. The number of aromatic nitrogens is 2. The predicted octanol–water partition coefficient (Wildman–Crippen LogP) is 3.08. The van der Waals surface area contributed by atoms with Crippen LogP contribution in [0.15, 0.2) is 47.3 Å². The van der Waals surface area contributed by atoms with Crippen LogP contribution in [0.4, 0.5) is 4.39 Å². The molecule has 0 spiro atoms. The van der Waals surface area contributed by atoms with E-state index in [2.05, 4.69) is 6.07 Å². The summed E-state index contributed by atoms with van der Waals surface area (Å²) in [6.45, 7) is 0. The number of benzene rings is 2. The van der Waals surface area contributed by atoms with E-state index >= 15 is 0 Å². The Hall–Kier alpha value is -3.13. The van der Waals surface area contributed by atoms with E-state index in [-0.39, 0.29) is 11.5 Å². The normalized spacial score (nSPS) is 11.7. The number of halogens is 1. The topological polar surface area (TPSA) is 50.7 Å². The first-order valence-corrected chi connectivity index (χ1v) is 7.04. The molecule has 0 fully saturated rings. The van der Waals surface area contributed by atoms with Gasteiger partial charge in [0.25, 0.3) is 0 Å². The monoisotopic (exact) mass is 307 g/mol. The number of nitrogens with zero attached hydrogens (tertiary/aromatic N) is 3. The van der Waals surface area contributed by atoms with Crippen LogP contribution < -0.4 is 5.69 Å². The van der Waals surface area contributed by atoms with Crippen LogP contribution in [0.3, 0.4) is 0 Å². The van der Waals surface area contributed by atoms with E-state index < -0.39 is 0 Å². The van der Waals surface area contributed by atoms with Crippen molar-refractivity contribution >= 4 is 22.7 Å². The molecule has 0 bridgehead atoms. The Labute approximate surface area is 132 Å². The zero-order valence-electron chi connectivity index (χ0n) is 12.7. The van der Waals surface area contributed by atoms with Crippen molar-refractivity contribution in [3.8, 4) is 6.07 Å². The number of fused-ring (bicyclic) bond motifs is 1. The van der Waals surface area contributed by atoms with Crippen molar-refractivity contribution < 1.29 is 4.39 Å². The first kappa shape index (κ1) is 14.8. The lowest BCUT2D eigenvalue weighted by atomic mass is 10.0. The van der Waals surface area contributed by atoms with Crippen LogP contribution in [0.25, 0.3) is 22.7 Å². The third-order valence-corrected chi connectivity index (χ3v) is 3.86. The van der Waals surface area contributed by atoms with Gasteiger partial charge in [-0.25, -0.2) is 9.18 Å². The molecule has 0 N–H and O–H groups in total. The predicted molar refractivity (Wildman–Crippen MR) is 88.0 cm³/mol. The van der Waals surface area contributed by atoms with Crippen LogP contribution in [0.1, 0.15) is 11.1 Å². The maximum Gasteiger partial charge on any atom is 0.328 e. The van der Waals surface area contributed by atoms with Gasteiger partial charge in [-0.05, 0) is 41.5 Å². The summed E-state index contributed by atoms with van der Waals surface area (Å²) < 4.78 is 16.5. The van der Waals surface area contributed by atoms with Gasteiger partial charge >= 0.3 is 5.69 Å². The Morgan fingerprint density at radius 1 is 1.13 bits per heavy atom. The second kappa shape index (κ2) is 5.58. The minimum atomic E-state index is -0.385.